The summed E-state index contributed by atoms with van der Waals surface area (Å²) >= 11 is 0. The van der Waals surface area contributed by atoms with E-state index in [1.807, 2.05) is 47.5 Å². The number of imidazole rings is 1. The molecular formula is C32H35N5O4. The Morgan fingerprint density at radius 2 is 1.76 bits per heavy atom. The second-order valence-electron chi connectivity index (χ2n) is 11.0. The summed E-state index contributed by atoms with van der Waals surface area (Å²) in [5.41, 5.74) is 5.59. The molecule has 1 aliphatic heterocycles. The van der Waals surface area contributed by atoms with Crippen molar-refractivity contribution in [2.75, 3.05) is 33.3 Å². The van der Waals surface area contributed by atoms with E-state index in [-0.39, 0.29) is 28.5 Å². The van der Waals surface area contributed by atoms with Crippen LogP contribution in [-0.4, -0.2) is 69.4 Å². The fourth-order valence-corrected chi connectivity index (χ4v) is 6.22. The Morgan fingerprint density at radius 1 is 0.976 bits per heavy atom. The van der Waals surface area contributed by atoms with Crippen LogP contribution in [0.4, 0.5) is 5.69 Å². The van der Waals surface area contributed by atoms with E-state index in [4.69, 9.17) is 9.72 Å². The van der Waals surface area contributed by atoms with Crippen molar-refractivity contribution < 1.29 is 14.5 Å². The number of nitro benzene ring substituents is 1. The number of hydrogen-bond acceptors (Lipinski definition) is 6. The lowest BCUT2D eigenvalue weighted by Crippen LogP contribution is -2.50. The maximum atomic E-state index is 13.3. The Balaban J connectivity index is 1.26. The lowest BCUT2D eigenvalue weighted by Gasteiger charge is -2.38. The summed E-state index contributed by atoms with van der Waals surface area (Å²) in [5.74, 6) is 0.337. The first-order valence-electron chi connectivity index (χ1n) is 14.4. The molecule has 1 saturated heterocycles. The van der Waals surface area contributed by atoms with E-state index in [9.17, 15) is 14.9 Å². The van der Waals surface area contributed by atoms with Gasteiger partial charge in [-0.05, 0) is 42.5 Å². The molecule has 2 fully saturated rings. The van der Waals surface area contributed by atoms with Crippen LogP contribution in [0, 0.1) is 16.0 Å². The molecule has 2 aromatic heterocycles. The Hall–Kier alpha value is -4.08. The molecule has 2 aromatic carbocycles. The molecule has 41 heavy (non-hydrogen) atoms. The molecule has 9 heteroatoms. The maximum absolute atomic E-state index is 13.3. The van der Waals surface area contributed by atoms with Gasteiger partial charge in [-0.3, -0.25) is 19.8 Å². The van der Waals surface area contributed by atoms with E-state index in [1.165, 1.54) is 6.07 Å². The first-order chi connectivity index (χ1) is 20.0. The number of non-ortho nitro benzene ring substituents is 1. The van der Waals surface area contributed by atoms with Gasteiger partial charge >= 0.3 is 0 Å². The van der Waals surface area contributed by atoms with Gasteiger partial charge in [-0.25, -0.2) is 4.98 Å². The minimum atomic E-state index is -0.368. The zero-order chi connectivity index (χ0) is 28.3. The summed E-state index contributed by atoms with van der Waals surface area (Å²) < 4.78 is 7.67. The highest BCUT2D eigenvalue weighted by molar-refractivity contribution is 5.79. The molecular weight excluding hydrogens is 518 g/mol. The number of nitrogens with zero attached hydrogens (tertiary/aromatic N) is 5. The van der Waals surface area contributed by atoms with Crippen LogP contribution < -0.4 is 0 Å². The molecule has 1 amide bonds. The predicted molar refractivity (Wildman–Crippen MR) is 157 cm³/mol. The van der Waals surface area contributed by atoms with Gasteiger partial charge in [0.05, 0.1) is 22.4 Å². The molecule has 4 aromatic rings. The predicted octanol–water partition coefficient (Wildman–Crippen LogP) is 5.43. The third-order valence-electron chi connectivity index (χ3n) is 8.52. The van der Waals surface area contributed by atoms with Gasteiger partial charge in [0.25, 0.3) is 5.69 Å². The summed E-state index contributed by atoms with van der Waals surface area (Å²) in [4.78, 5) is 33.7. The second-order valence-corrected chi connectivity index (χ2v) is 11.0. The van der Waals surface area contributed by atoms with E-state index in [0.29, 0.717) is 19.6 Å². The Bertz CT molecular complexity index is 1540. The van der Waals surface area contributed by atoms with Gasteiger partial charge in [-0.1, -0.05) is 48.9 Å². The van der Waals surface area contributed by atoms with Crippen LogP contribution in [0.5, 0.6) is 0 Å². The number of piperazine rings is 1. The minimum Gasteiger partial charge on any atom is -0.381 e. The van der Waals surface area contributed by atoms with Gasteiger partial charge in [-0.15, -0.1) is 0 Å². The van der Waals surface area contributed by atoms with Crippen molar-refractivity contribution in [2.45, 2.75) is 38.3 Å². The number of aromatic nitrogens is 2. The zero-order valence-electron chi connectivity index (χ0n) is 23.3. The van der Waals surface area contributed by atoms with Crippen molar-refractivity contribution in [3.8, 4) is 22.4 Å². The Kier molecular flexibility index (Phi) is 7.80. The number of rotatable bonds is 7. The topological polar surface area (TPSA) is 93.2 Å². The highest BCUT2D eigenvalue weighted by Gasteiger charge is 2.32. The van der Waals surface area contributed by atoms with Gasteiger partial charge < -0.3 is 14.0 Å². The summed E-state index contributed by atoms with van der Waals surface area (Å²) in [6.07, 6.45) is 6.08. The third-order valence-corrected chi connectivity index (χ3v) is 8.52. The summed E-state index contributed by atoms with van der Waals surface area (Å²) in [5, 5.41) is 11.4. The molecule has 0 radical (unpaired) electrons. The minimum absolute atomic E-state index is 0.0657. The number of carbonyl (C=O) groups is 1. The Morgan fingerprint density at radius 3 is 2.51 bits per heavy atom. The third kappa shape index (κ3) is 5.73. The van der Waals surface area contributed by atoms with Crippen LogP contribution in [0.1, 0.15) is 31.4 Å². The van der Waals surface area contributed by atoms with Crippen LogP contribution >= 0.6 is 0 Å². The van der Waals surface area contributed by atoms with Crippen molar-refractivity contribution in [1.29, 1.82) is 0 Å². The first kappa shape index (κ1) is 27.1. The lowest BCUT2D eigenvalue weighted by atomic mass is 9.86. The summed E-state index contributed by atoms with van der Waals surface area (Å²) in [6, 6.07) is 20.8. The van der Waals surface area contributed by atoms with Crippen LogP contribution in [0.15, 0.2) is 72.9 Å². The number of carbonyl (C=O) groups excluding carboxylic acids is 1. The molecule has 0 unspecified atom stereocenters. The van der Waals surface area contributed by atoms with Gasteiger partial charge in [0.1, 0.15) is 5.65 Å². The van der Waals surface area contributed by atoms with Crippen LogP contribution in [-0.2, 0) is 16.1 Å². The monoisotopic (exact) mass is 553 g/mol. The van der Waals surface area contributed by atoms with Crippen LogP contribution in [0.2, 0.25) is 0 Å². The number of ether oxygens (including phenoxy) is 1. The molecule has 0 N–H and O–H groups in total. The number of amides is 1. The van der Waals surface area contributed by atoms with E-state index in [2.05, 4.69) is 21.4 Å². The number of nitro groups is 1. The first-order valence-corrected chi connectivity index (χ1v) is 14.4. The molecule has 9 nitrogen and oxygen atoms in total. The van der Waals surface area contributed by atoms with Gasteiger partial charge in [0.15, 0.2) is 0 Å². The summed E-state index contributed by atoms with van der Waals surface area (Å²) in [7, 11) is 1.74. The van der Waals surface area contributed by atoms with Gasteiger partial charge in [-0.2, -0.15) is 0 Å². The number of benzene rings is 2. The standard InChI is InChI=1S/C32H35N5O4/c1-41-28-12-6-10-25(20-28)32(38)35-17-15-34(16-18-35)22-29-31(23-7-3-2-4-8-23)33-30-14-13-26(21-36(29)30)24-9-5-11-27(19-24)37(39)40/h2-5,7-9,11,13-14,19,21,25,28H,6,10,12,15-18,20,22H2,1H3/t25-,28-/m1/s1. The van der Waals surface area contributed by atoms with E-state index in [1.54, 1.807) is 19.2 Å². The zero-order valence-corrected chi connectivity index (χ0v) is 23.3. The highest BCUT2D eigenvalue weighted by Crippen LogP contribution is 2.31. The van der Waals surface area contributed by atoms with Gasteiger partial charge in [0.2, 0.25) is 5.91 Å². The van der Waals surface area contributed by atoms with Crippen LogP contribution in [0.3, 0.4) is 0 Å². The maximum Gasteiger partial charge on any atom is 0.270 e. The van der Waals surface area contributed by atoms with Crippen molar-refractivity contribution in [3.63, 3.8) is 0 Å². The van der Waals surface area contributed by atoms with Gasteiger partial charge in [0, 0.05) is 69.6 Å². The summed E-state index contributed by atoms with van der Waals surface area (Å²) in [6.45, 7) is 3.68. The average molecular weight is 554 g/mol. The molecule has 6 rings (SSSR count). The van der Waals surface area contributed by atoms with Crippen LogP contribution in [0.25, 0.3) is 28.0 Å². The fourth-order valence-electron chi connectivity index (χ4n) is 6.22. The lowest BCUT2D eigenvalue weighted by molar-refractivity contribution is -0.384. The van der Waals surface area contributed by atoms with Crippen molar-refractivity contribution in [2.24, 2.45) is 5.92 Å². The normalized spacial score (nSPS) is 19.9. The van der Waals surface area contributed by atoms with E-state index < -0.39 is 0 Å². The average Bonchev–Trinajstić information content (AvgIpc) is 3.39. The quantitative estimate of drug-likeness (QED) is 0.224. The molecule has 2 atom stereocenters. The molecule has 212 valence electrons. The fraction of sp³-hybridized carbons (Fsp3) is 0.375. The van der Waals surface area contributed by atoms with Crippen molar-refractivity contribution in [1.82, 2.24) is 19.2 Å². The number of pyridine rings is 1. The number of hydrogen-bond donors (Lipinski definition) is 0. The smallest absolute Gasteiger partial charge is 0.270 e. The molecule has 0 spiro atoms. The molecule has 1 aliphatic carbocycles. The molecule has 0 bridgehead atoms. The largest absolute Gasteiger partial charge is 0.381 e. The number of fused-ring (bicyclic) bond motifs is 1. The van der Waals surface area contributed by atoms with E-state index in [0.717, 1.165) is 72.5 Å². The van der Waals surface area contributed by atoms with Crippen molar-refractivity contribution in [3.05, 3.63) is 88.7 Å². The molecule has 3 heterocycles. The second kappa shape index (κ2) is 11.8. The number of methoxy groups -OCH3 is 1. The molecule has 2 aliphatic rings. The Labute approximate surface area is 239 Å². The van der Waals surface area contributed by atoms with E-state index >= 15 is 0 Å². The van der Waals surface area contributed by atoms with Crippen molar-refractivity contribution >= 4 is 17.2 Å². The SMILES string of the molecule is CO[C@@H]1CCC[C@@H](C(=O)N2CCN(Cc3c(-c4ccccc4)nc4ccc(-c5cccc([N+](=O)[O-])c5)cn34)CC2)C1. The highest BCUT2D eigenvalue weighted by atomic mass is 16.6. The molecule has 1 saturated carbocycles.